The molecular weight excluding hydrogens is 481 g/mol. The van der Waals surface area contributed by atoms with Crippen LogP contribution >= 0.6 is 0 Å². The van der Waals surface area contributed by atoms with Crippen molar-refractivity contribution in [3.8, 4) is 0 Å². The second kappa shape index (κ2) is 11.1. The number of carboxylic acid groups (broad SMARTS) is 2. The Hall–Kier alpha value is -3.12. The van der Waals surface area contributed by atoms with E-state index in [1.165, 1.54) is 12.1 Å². The van der Waals surface area contributed by atoms with Gasteiger partial charge in [-0.2, -0.15) is 0 Å². The normalized spacial score (nSPS) is 22.0. The second-order valence-corrected chi connectivity index (χ2v) is 11.0. The Labute approximate surface area is 203 Å². The lowest BCUT2D eigenvalue weighted by molar-refractivity contribution is -0.135. The Morgan fingerprint density at radius 3 is 2.20 bits per heavy atom. The molecule has 1 aromatic heterocycles. The van der Waals surface area contributed by atoms with E-state index >= 15 is 0 Å². The van der Waals surface area contributed by atoms with Crippen LogP contribution in [0.25, 0.3) is 10.9 Å². The van der Waals surface area contributed by atoms with Gasteiger partial charge in [0.05, 0.1) is 22.1 Å². The summed E-state index contributed by atoms with van der Waals surface area (Å²) in [7, 11) is 0.509. The predicted octanol–water partition coefficient (Wildman–Crippen LogP) is 1.66. The van der Waals surface area contributed by atoms with Gasteiger partial charge in [0.1, 0.15) is 5.82 Å². The Morgan fingerprint density at radius 1 is 1.09 bits per heavy atom. The van der Waals surface area contributed by atoms with Crippen LogP contribution in [0.15, 0.2) is 24.3 Å². The molecule has 1 amide bonds. The third-order valence-electron chi connectivity index (χ3n) is 5.75. The summed E-state index contributed by atoms with van der Waals surface area (Å²) in [4.78, 5) is 39.1. The molecule has 12 heteroatoms. The van der Waals surface area contributed by atoms with E-state index in [-0.39, 0.29) is 30.2 Å². The Morgan fingerprint density at radius 2 is 1.66 bits per heavy atom. The molecule has 35 heavy (non-hydrogen) atoms. The molecule has 0 bridgehead atoms. The van der Waals surface area contributed by atoms with Gasteiger partial charge in [-0.3, -0.25) is 19.4 Å². The minimum atomic E-state index is -3.23. The van der Waals surface area contributed by atoms with Gasteiger partial charge in [0, 0.05) is 50.0 Å². The van der Waals surface area contributed by atoms with Crippen LogP contribution in [-0.2, 0) is 19.4 Å². The van der Waals surface area contributed by atoms with E-state index in [4.69, 9.17) is 19.8 Å². The molecule has 2 saturated heterocycles. The number of pyridine rings is 1. The van der Waals surface area contributed by atoms with Crippen molar-refractivity contribution < 1.29 is 37.4 Å². The van der Waals surface area contributed by atoms with Crippen molar-refractivity contribution in [1.82, 2.24) is 14.8 Å². The Kier molecular flexibility index (Phi) is 8.90. The SMILES string of the molecule is CC(=O)O.CC(=O)O.Cc1cc(C(=O)N2C[C@H]3[C@H](N(C)C)CS(=O)(=O)[C@H]3C2)c2cc(F)ccc2n1. The van der Waals surface area contributed by atoms with Gasteiger partial charge in [-0.05, 0) is 45.3 Å². The minimum absolute atomic E-state index is 0.0915. The number of carbonyl (C=O) groups is 3. The van der Waals surface area contributed by atoms with Crippen molar-refractivity contribution in [2.75, 3.05) is 32.9 Å². The van der Waals surface area contributed by atoms with E-state index in [0.717, 1.165) is 13.8 Å². The number of aryl methyl sites for hydroxylation is 1. The lowest BCUT2D eigenvalue weighted by Gasteiger charge is -2.25. The highest BCUT2D eigenvalue weighted by molar-refractivity contribution is 7.92. The smallest absolute Gasteiger partial charge is 0.300 e. The minimum Gasteiger partial charge on any atom is -0.481 e. The highest BCUT2D eigenvalue weighted by Gasteiger charge is 2.53. The van der Waals surface area contributed by atoms with Gasteiger partial charge in [-0.25, -0.2) is 12.8 Å². The van der Waals surface area contributed by atoms with E-state index < -0.39 is 32.8 Å². The molecule has 1 aromatic carbocycles. The van der Waals surface area contributed by atoms with Crippen LogP contribution in [0.2, 0.25) is 0 Å². The molecule has 0 saturated carbocycles. The molecule has 2 fully saturated rings. The maximum absolute atomic E-state index is 13.7. The molecule has 192 valence electrons. The molecule has 0 unspecified atom stereocenters. The largest absolute Gasteiger partial charge is 0.481 e. The van der Waals surface area contributed by atoms with E-state index in [0.29, 0.717) is 28.7 Å². The van der Waals surface area contributed by atoms with Gasteiger partial charge in [-0.15, -0.1) is 0 Å². The van der Waals surface area contributed by atoms with Crippen LogP contribution in [0.3, 0.4) is 0 Å². The van der Waals surface area contributed by atoms with Gasteiger partial charge < -0.3 is 20.0 Å². The van der Waals surface area contributed by atoms with Crippen LogP contribution in [0.4, 0.5) is 4.39 Å². The highest BCUT2D eigenvalue weighted by atomic mass is 32.2. The first-order valence-corrected chi connectivity index (χ1v) is 12.5. The summed E-state index contributed by atoms with van der Waals surface area (Å²) in [5.74, 6) is -2.33. The number of nitrogens with zero attached hydrogens (tertiary/aromatic N) is 3. The van der Waals surface area contributed by atoms with Gasteiger partial charge in [0.25, 0.3) is 17.8 Å². The van der Waals surface area contributed by atoms with Crippen LogP contribution in [0, 0.1) is 18.7 Å². The average Bonchev–Trinajstić information content (AvgIpc) is 3.25. The van der Waals surface area contributed by atoms with Crippen LogP contribution in [-0.4, -0.2) is 95.5 Å². The van der Waals surface area contributed by atoms with E-state index in [9.17, 15) is 17.6 Å². The number of halogens is 1. The zero-order valence-corrected chi connectivity index (χ0v) is 21.0. The molecule has 2 aliphatic heterocycles. The first kappa shape index (κ1) is 28.1. The maximum atomic E-state index is 13.7. The molecule has 0 spiro atoms. The molecule has 0 aliphatic carbocycles. The fourth-order valence-corrected chi connectivity index (χ4v) is 6.88. The number of carboxylic acids is 2. The van der Waals surface area contributed by atoms with Crippen molar-refractivity contribution in [1.29, 1.82) is 0 Å². The molecule has 3 heterocycles. The number of rotatable bonds is 2. The molecule has 4 rings (SSSR count). The average molecular weight is 512 g/mol. The zero-order valence-electron chi connectivity index (χ0n) is 20.2. The number of aliphatic carboxylic acids is 2. The molecule has 0 radical (unpaired) electrons. The molecule has 2 aromatic rings. The molecule has 2 aliphatic rings. The summed E-state index contributed by atoms with van der Waals surface area (Å²) in [6, 6.07) is 5.74. The lowest BCUT2D eigenvalue weighted by Crippen LogP contribution is -2.38. The zero-order chi connectivity index (χ0) is 26.7. The van der Waals surface area contributed by atoms with Gasteiger partial charge in [-0.1, -0.05) is 0 Å². The van der Waals surface area contributed by atoms with E-state index in [2.05, 4.69) is 4.98 Å². The summed E-state index contributed by atoms with van der Waals surface area (Å²) >= 11 is 0. The monoisotopic (exact) mass is 511 g/mol. The van der Waals surface area contributed by atoms with Crippen molar-refractivity contribution in [3.63, 3.8) is 0 Å². The number of likely N-dealkylation sites (tertiary alicyclic amines) is 1. The first-order valence-electron chi connectivity index (χ1n) is 10.8. The standard InChI is InChI=1S/C19H22FN3O3S.2C2H4O2/c1-11-6-14(13-7-12(20)4-5-16(13)21-11)19(24)23-8-15-17(22(2)3)10-27(25,26)18(15)9-23;2*1-2(3)4/h4-7,15,17-18H,8-10H2,1-3H3;2*1H3,(H,3,4)/t15-,17+,18-;;/m0../s1. The lowest BCUT2D eigenvalue weighted by atomic mass is 10.00. The van der Waals surface area contributed by atoms with Crippen molar-refractivity contribution in [2.24, 2.45) is 5.92 Å². The van der Waals surface area contributed by atoms with Crippen LogP contribution in [0.5, 0.6) is 0 Å². The number of fused-ring (bicyclic) bond motifs is 2. The topological polar surface area (TPSA) is 145 Å². The Bertz CT molecular complexity index is 1210. The Balaban J connectivity index is 0.000000473. The summed E-state index contributed by atoms with van der Waals surface area (Å²) in [5.41, 5.74) is 1.59. The number of aromatic nitrogens is 1. The first-order chi connectivity index (χ1) is 16.1. The molecule has 3 atom stereocenters. The number of benzene rings is 1. The highest BCUT2D eigenvalue weighted by Crippen LogP contribution is 2.37. The number of hydrogen-bond acceptors (Lipinski definition) is 7. The quantitative estimate of drug-likeness (QED) is 0.615. The van der Waals surface area contributed by atoms with Crippen molar-refractivity contribution in [3.05, 3.63) is 41.3 Å². The van der Waals surface area contributed by atoms with Gasteiger partial charge in [0.2, 0.25) is 0 Å². The van der Waals surface area contributed by atoms with Crippen LogP contribution < -0.4 is 0 Å². The van der Waals surface area contributed by atoms with Gasteiger partial charge >= 0.3 is 0 Å². The fraction of sp³-hybridized carbons (Fsp3) is 0.478. The summed E-state index contributed by atoms with van der Waals surface area (Å²) < 4.78 is 38.8. The fourth-order valence-electron chi connectivity index (χ4n) is 4.41. The number of carbonyl (C=O) groups excluding carboxylic acids is 1. The van der Waals surface area contributed by atoms with Gasteiger partial charge in [0.15, 0.2) is 9.84 Å². The van der Waals surface area contributed by atoms with Crippen molar-refractivity contribution >= 4 is 38.6 Å². The third-order valence-corrected chi connectivity index (χ3v) is 7.97. The maximum Gasteiger partial charge on any atom is 0.300 e. The predicted molar refractivity (Wildman–Crippen MR) is 128 cm³/mol. The molecular formula is C23H30FN3O7S. The summed E-state index contributed by atoms with van der Waals surface area (Å²) in [6.45, 7) is 4.53. The van der Waals surface area contributed by atoms with Crippen LogP contribution in [0.1, 0.15) is 29.9 Å². The third kappa shape index (κ3) is 6.95. The van der Waals surface area contributed by atoms with E-state index in [1.54, 1.807) is 24.0 Å². The molecule has 10 nitrogen and oxygen atoms in total. The molecule has 2 N–H and O–H groups in total. The number of amides is 1. The second-order valence-electron chi connectivity index (χ2n) is 8.78. The van der Waals surface area contributed by atoms with E-state index in [1.807, 2.05) is 19.0 Å². The summed E-state index contributed by atoms with van der Waals surface area (Å²) in [6.07, 6.45) is 0. The number of sulfone groups is 1. The number of hydrogen-bond donors (Lipinski definition) is 2. The van der Waals surface area contributed by atoms with Crippen molar-refractivity contribution in [2.45, 2.75) is 32.1 Å². The summed E-state index contributed by atoms with van der Waals surface area (Å²) in [5, 5.41) is 14.8.